The number of aliphatic hydroxyl groups is 4. The highest BCUT2D eigenvalue weighted by molar-refractivity contribution is 5.69. The minimum Gasteiger partial charge on any atom is -0.457 e. The number of ether oxygens (including phenoxy) is 4. The van der Waals surface area contributed by atoms with Crippen LogP contribution in [0.15, 0.2) is 146 Å². The second kappa shape index (κ2) is 50.0. The van der Waals surface area contributed by atoms with Crippen LogP contribution < -0.4 is 0 Å². The molecule has 0 aromatic heterocycles. The average Bonchev–Trinajstić information content (AvgIpc) is 3.36. The molecular weight excluding hydrogens is 877 g/mol. The van der Waals surface area contributed by atoms with Gasteiger partial charge in [-0.2, -0.15) is 0 Å². The van der Waals surface area contributed by atoms with Crippen molar-refractivity contribution in [2.75, 3.05) is 26.4 Å². The summed E-state index contributed by atoms with van der Waals surface area (Å²) in [7, 11) is 0. The molecule has 0 radical (unpaired) electrons. The third-order valence-electron chi connectivity index (χ3n) is 11.3. The molecule has 0 amide bonds. The van der Waals surface area contributed by atoms with Crippen molar-refractivity contribution in [3.05, 3.63) is 146 Å². The molecular formula is C61H96O9. The van der Waals surface area contributed by atoms with Crippen LogP contribution in [0.3, 0.4) is 0 Å². The van der Waals surface area contributed by atoms with Gasteiger partial charge in [0.05, 0.1) is 19.8 Å². The van der Waals surface area contributed by atoms with Crippen LogP contribution in [0.1, 0.15) is 168 Å². The Kier molecular flexibility index (Phi) is 45.8. The van der Waals surface area contributed by atoms with Crippen LogP contribution in [-0.4, -0.2) is 89.6 Å². The molecule has 1 aliphatic heterocycles. The quantitative estimate of drug-likeness (QED) is 0.0267. The predicted molar refractivity (Wildman–Crippen MR) is 292 cm³/mol. The Labute approximate surface area is 425 Å². The fraction of sp³-hybridized carbons (Fsp3) is 0.590. The van der Waals surface area contributed by atoms with Crippen molar-refractivity contribution < 1.29 is 44.2 Å². The zero-order valence-corrected chi connectivity index (χ0v) is 43.4. The number of hydrogen-bond donors (Lipinski definition) is 4. The maximum absolute atomic E-state index is 12.8. The van der Waals surface area contributed by atoms with Gasteiger partial charge in [-0.1, -0.05) is 198 Å². The first-order valence-electron chi connectivity index (χ1n) is 26.9. The van der Waals surface area contributed by atoms with E-state index in [2.05, 4.69) is 160 Å². The van der Waals surface area contributed by atoms with Gasteiger partial charge in [-0.3, -0.25) is 4.79 Å². The first-order chi connectivity index (χ1) is 34.4. The van der Waals surface area contributed by atoms with Crippen LogP contribution in [-0.2, 0) is 23.7 Å². The number of carbonyl (C=O) groups is 1. The molecule has 9 nitrogen and oxygen atoms in total. The molecule has 6 atom stereocenters. The number of esters is 1. The Morgan fingerprint density at radius 1 is 0.457 bits per heavy atom. The Balaban J connectivity index is 2.27. The highest BCUT2D eigenvalue weighted by Crippen LogP contribution is 2.22. The van der Waals surface area contributed by atoms with Gasteiger partial charge in [-0.05, 0) is 109 Å². The average molecular weight is 973 g/mol. The van der Waals surface area contributed by atoms with E-state index in [0.717, 1.165) is 109 Å². The zero-order chi connectivity index (χ0) is 50.6. The summed E-state index contributed by atoms with van der Waals surface area (Å²) in [5.74, 6) is -0.380. The molecule has 1 fully saturated rings. The molecule has 70 heavy (non-hydrogen) atoms. The SMILES string of the molecule is CC/C=C\C/C=C\C/C=C\C/C=C\C/C=C\C/C=C\C/C=C\CCCC(=O)OC(COCCCCCCCCCC/C=C\C/C=C\C/C=C\C/C=C\C/C=C\CC)COC1OC(CO)C(O)C(O)C1O. The lowest BCUT2D eigenvalue weighted by Gasteiger charge is -2.39. The number of rotatable bonds is 44. The van der Waals surface area contributed by atoms with Crippen LogP contribution in [0, 0.1) is 0 Å². The lowest BCUT2D eigenvalue weighted by atomic mass is 9.99. The van der Waals surface area contributed by atoms with Crippen molar-refractivity contribution in [2.24, 2.45) is 0 Å². The van der Waals surface area contributed by atoms with E-state index < -0.39 is 43.4 Å². The molecule has 0 saturated carbocycles. The van der Waals surface area contributed by atoms with Crippen molar-refractivity contribution >= 4 is 5.97 Å². The molecule has 6 unspecified atom stereocenters. The van der Waals surface area contributed by atoms with Crippen molar-refractivity contribution in [3.8, 4) is 0 Å². The monoisotopic (exact) mass is 973 g/mol. The first kappa shape index (κ1) is 64.1. The standard InChI is InChI=1S/C61H96O9/c1-3-5-7-9-11-13-15-17-19-21-23-25-27-29-31-33-35-37-39-41-43-45-47-49-51-67-53-55(54-68-61-60(66)59(65)58(64)56(52-62)70-61)69-57(63)50-48-46-44-42-40-38-36-34-32-30-28-26-24-22-20-18-16-14-12-10-8-6-4-2/h5-8,11-14,17-20,23-26,29-32,36,38,42,44,55-56,58-62,64-66H,3-4,9-10,15-16,21-22,27-28,33-35,37,39-41,43,45-54H2,1-2H3/b7-5-,8-6-,13-11-,14-12-,19-17-,20-18-,25-23-,26-24-,31-29-,32-30-,38-36-,44-42-. The van der Waals surface area contributed by atoms with Gasteiger partial charge < -0.3 is 39.4 Å². The van der Waals surface area contributed by atoms with Crippen molar-refractivity contribution in [1.82, 2.24) is 0 Å². The van der Waals surface area contributed by atoms with E-state index in [1.807, 2.05) is 0 Å². The van der Waals surface area contributed by atoms with E-state index >= 15 is 0 Å². The summed E-state index contributed by atoms with van der Waals surface area (Å²) in [4.78, 5) is 12.8. The number of carbonyl (C=O) groups excluding carboxylic acids is 1. The maximum Gasteiger partial charge on any atom is 0.306 e. The third-order valence-corrected chi connectivity index (χ3v) is 11.3. The molecule has 0 aromatic rings. The summed E-state index contributed by atoms with van der Waals surface area (Å²) in [6, 6.07) is 0. The summed E-state index contributed by atoms with van der Waals surface area (Å²) in [6.07, 6.45) is 68.8. The third kappa shape index (κ3) is 39.8. The number of hydrogen-bond acceptors (Lipinski definition) is 9. The van der Waals surface area contributed by atoms with Gasteiger partial charge in [0.15, 0.2) is 6.29 Å². The molecule has 4 N–H and O–H groups in total. The molecule has 0 bridgehead atoms. The molecule has 1 saturated heterocycles. The van der Waals surface area contributed by atoms with E-state index in [-0.39, 0.29) is 25.6 Å². The van der Waals surface area contributed by atoms with Crippen LogP contribution in [0.2, 0.25) is 0 Å². The molecule has 1 aliphatic rings. The van der Waals surface area contributed by atoms with Crippen molar-refractivity contribution in [2.45, 2.75) is 205 Å². The lowest BCUT2D eigenvalue weighted by molar-refractivity contribution is -0.305. The Morgan fingerprint density at radius 3 is 1.24 bits per heavy atom. The highest BCUT2D eigenvalue weighted by Gasteiger charge is 2.44. The zero-order valence-electron chi connectivity index (χ0n) is 43.4. The topological polar surface area (TPSA) is 135 Å². The molecule has 394 valence electrons. The first-order valence-corrected chi connectivity index (χ1v) is 26.9. The van der Waals surface area contributed by atoms with Crippen LogP contribution in [0.4, 0.5) is 0 Å². The van der Waals surface area contributed by atoms with Crippen molar-refractivity contribution in [3.63, 3.8) is 0 Å². The minimum atomic E-state index is -1.56. The Bertz CT molecular complexity index is 1580. The van der Waals surface area contributed by atoms with Gasteiger partial charge in [0, 0.05) is 13.0 Å². The molecule has 0 aromatic carbocycles. The largest absolute Gasteiger partial charge is 0.457 e. The Morgan fingerprint density at radius 2 is 0.829 bits per heavy atom. The number of aliphatic hydroxyl groups excluding tert-OH is 4. The Hall–Kier alpha value is -3.93. The molecule has 1 heterocycles. The second-order valence-corrected chi connectivity index (χ2v) is 17.6. The van der Waals surface area contributed by atoms with Crippen LogP contribution in [0.25, 0.3) is 0 Å². The summed E-state index contributed by atoms with van der Waals surface area (Å²) in [6.45, 7) is 4.21. The lowest BCUT2D eigenvalue weighted by Crippen LogP contribution is -2.59. The fourth-order valence-corrected chi connectivity index (χ4v) is 7.15. The van der Waals surface area contributed by atoms with Gasteiger partial charge in [0.1, 0.15) is 30.5 Å². The normalized spacial score (nSPS) is 20.1. The van der Waals surface area contributed by atoms with Gasteiger partial charge in [0.25, 0.3) is 0 Å². The van der Waals surface area contributed by atoms with E-state index in [9.17, 15) is 25.2 Å². The van der Waals surface area contributed by atoms with Crippen LogP contribution in [0.5, 0.6) is 0 Å². The number of unbranched alkanes of at least 4 members (excludes halogenated alkanes) is 9. The summed E-state index contributed by atoms with van der Waals surface area (Å²) in [5, 5.41) is 40.3. The number of allylic oxidation sites excluding steroid dienone is 24. The van der Waals surface area contributed by atoms with E-state index in [1.54, 1.807) is 0 Å². The van der Waals surface area contributed by atoms with Gasteiger partial charge >= 0.3 is 5.97 Å². The summed E-state index contributed by atoms with van der Waals surface area (Å²) < 4.78 is 22.8. The summed E-state index contributed by atoms with van der Waals surface area (Å²) in [5.41, 5.74) is 0. The molecule has 0 spiro atoms. The molecule has 1 rings (SSSR count). The smallest absolute Gasteiger partial charge is 0.306 e. The van der Waals surface area contributed by atoms with Crippen LogP contribution >= 0.6 is 0 Å². The highest BCUT2D eigenvalue weighted by atomic mass is 16.7. The summed E-state index contributed by atoms with van der Waals surface area (Å²) >= 11 is 0. The van der Waals surface area contributed by atoms with Gasteiger partial charge in [-0.15, -0.1) is 0 Å². The van der Waals surface area contributed by atoms with Crippen molar-refractivity contribution in [1.29, 1.82) is 0 Å². The predicted octanol–water partition coefficient (Wildman–Crippen LogP) is 13.8. The second-order valence-electron chi connectivity index (χ2n) is 17.6. The van der Waals surface area contributed by atoms with E-state index in [1.165, 1.54) is 32.1 Å². The molecule has 0 aliphatic carbocycles. The maximum atomic E-state index is 12.8. The fourth-order valence-electron chi connectivity index (χ4n) is 7.15. The van der Waals surface area contributed by atoms with E-state index in [4.69, 9.17) is 18.9 Å². The van der Waals surface area contributed by atoms with E-state index in [0.29, 0.717) is 13.0 Å². The minimum absolute atomic E-state index is 0.104. The molecule has 9 heteroatoms. The van der Waals surface area contributed by atoms with Gasteiger partial charge in [0.2, 0.25) is 0 Å². The van der Waals surface area contributed by atoms with Gasteiger partial charge in [-0.25, -0.2) is 0 Å².